The summed E-state index contributed by atoms with van der Waals surface area (Å²) in [6.07, 6.45) is 1.77. The van der Waals surface area contributed by atoms with Crippen LogP contribution in [-0.2, 0) is 6.42 Å². The van der Waals surface area contributed by atoms with Crippen LogP contribution in [0, 0.1) is 0 Å². The summed E-state index contributed by atoms with van der Waals surface area (Å²) in [7, 11) is 0. The number of rotatable bonds is 1. The van der Waals surface area contributed by atoms with Crippen molar-refractivity contribution in [3.05, 3.63) is 52.0 Å². The van der Waals surface area contributed by atoms with Crippen molar-refractivity contribution in [1.29, 1.82) is 0 Å². The van der Waals surface area contributed by atoms with Gasteiger partial charge >= 0.3 is 0 Å². The zero-order chi connectivity index (χ0) is 15.0. The third-order valence-electron chi connectivity index (χ3n) is 3.73. The Morgan fingerprint density at radius 1 is 1.29 bits per heavy atom. The largest absolute Gasteiger partial charge is 0.507 e. The number of halogens is 1. The summed E-state index contributed by atoms with van der Waals surface area (Å²) in [5.41, 5.74) is 9.09. The van der Waals surface area contributed by atoms with E-state index in [-0.39, 0.29) is 11.7 Å². The molecule has 1 heterocycles. The Bertz CT molecular complexity index is 715. The lowest BCUT2D eigenvalue weighted by molar-refractivity contribution is 0.0985. The van der Waals surface area contributed by atoms with Crippen LogP contribution in [0.2, 0.25) is 0 Å². The zero-order valence-electron chi connectivity index (χ0n) is 11.3. The minimum absolute atomic E-state index is 0.0608. The summed E-state index contributed by atoms with van der Waals surface area (Å²) in [6.45, 7) is 0.659. The number of nitrogen functional groups attached to an aromatic ring is 1. The number of nitrogens with zero attached hydrogens (tertiary/aromatic N) is 1. The van der Waals surface area contributed by atoms with Gasteiger partial charge < -0.3 is 15.7 Å². The molecule has 0 aromatic heterocycles. The van der Waals surface area contributed by atoms with Crippen molar-refractivity contribution in [1.82, 2.24) is 0 Å². The van der Waals surface area contributed by atoms with Crippen LogP contribution in [0.15, 0.2) is 40.9 Å². The summed E-state index contributed by atoms with van der Waals surface area (Å²) in [5, 5.41) is 9.75. The number of nitrogens with two attached hydrogens (primary N) is 1. The van der Waals surface area contributed by atoms with Gasteiger partial charge in [0.05, 0.1) is 4.47 Å². The molecule has 2 aromatic carbocycles. The molecule has 3 N–H and O–H groups in total. The van der Waals surface area contributed by atoms with E-state index in [1.807, 2.05) is 18.2 Å². The Morgan fingerprint density at radius 3 is 2.86 bits per heavy atom. The molecule has 4 nitrogen and oxygen atoms in total. The SMILES string of the molecule is Nc1cccc2c1CCCN2C(=O)c1ccc(Br)c(O)c1. The van der Waals surface area contributed by atoms with Crippen LogP contribution in [0.4, 0.5) is 11.4 Å². The minimum Gasteiger partial charge on any atom is -0.507 e. The van der Waals surface area contributed by atoms with Crippen LogP contribution >= 0.6 is 15.9 Å². The highest BCUT2D eigenvalue weighted by molar-refractivity contribution is 9.10. The number of carbonyl (C=O) groups excluding carboxylic acids is 1. The first-order valence-corrected chi connectivity index (χ1v) is 7.55. The average Bonchev–Trinajstić information content (AvgIpc) is 2.49. The lowest BCUT2D eigenvalue weighted by Gasteiger charge is -2.30. The second kappa shape index (κ2) is 5.41. The van der Waals surface area contributed by atoms with E-state index in [0.717, 1.165) is 29.8 Å². The Balaban J connectivity index is 2.00. The van der Waals surface area contributed by atoms with Crippen LogP contribution in [0.5, 0.6) is 5.75 Å². The van der Waals surface area contributed by atoms with E-state index in [1.165, 1.54) is 6.07 Å². The van der Waals surface area contributed by atoms with Crippen LogP contribution < -0.4 is 10.6 Å². The topological polar surface area (TPSA) is 66.6 Å². The Kier molecular flexibility index (Phi) is 3.59. The molecule has 21 heavy (non-hydrogen) atoms. The van der Waals surface area contributed by atoms with E-state index in [4.69, 9.17) is 5.73 Å². The number of fused-ring (bicyclic) bond motifs is 1. The lowest BCUT2D eigenvalue weighted by Crippen LogP contribution is -2.35. The highest BCUT2D eigenvalue weighted by Crippen LogP contribution is 2.33. The van der Waals surface area contributed by atoms with Crippen molar-refractivity contribution in [2.75, 3.05) is 17.2 Å². The van der Waals surface area contributed by atoms with Gasteiger partial charge in [0.25, 0.3) is 5.91 Å². The molecule has 3 rings (SSSR count). The molecule has 0 saturated carbocycles. The van der Waals surface area contributed by atoms with Crippen molar-refractivity contribution >= 4 is 33.2 Å². The fourth-order valence-corrected chi connectivity index (χ4v) is 2.91. The Labute approximate surface area is 131 Å². The molecule has 0 aliphatic carbocycles. The first-order valence-electron chi connectivity index (χ1n) is 6.75. The van der Waals surface area contributed by atoms with Crippen LogP contribution in [0.3, 0.4) is 0 Å². The normalized spacial score (nSPS) is 13.9. The molecule has 0 radical (unpaired) electrons. The molecule has 1 aliphatic rings. The number of amides is 1. The van der Waals surface area contributed by atoms with E-state index in [9.17, 15) is 9.90 Å². The van der Waals surface area contributed by atoms with Crippen molar-refractivity contribution in [2.45, 2.75) is 12.8 Å². The summed E-state index contributed by atoms with van der Waals surface area (Å²) in [6, 6.07) is 10.5. The molecule has 108 valence electrons. The quantitative estimate of drug-likeness (QED) is 0.778. The number of benzene rings is 2. The number of hydrogen-bond donors (Lipinski definition) is 2. The van der Waals surface area contributed by atoms with E-state index >= 15 is 0 Å². The van der Waals surface area contributed by atoms with Crippen molar-refractivity contribution in [3.63, 3.8) is 0 Å². The summed E-state index contributed by atoms with van der Waals surface area (Å²) in [5.74, 6) is -0.0602. The van der Waals surface area contributed by atoms with Gasteiger partial charge in [0.2, 0.25) is 0 Å². The van der Waals surface area contributed by atoms with Crippen molar-refractivity contribution < 1.29 is 9.90 Å². The van der Waals surface area contributed by atoms with E-state index in [1.54, 1.807) is 17.0 Å². The maximum atomic E-state index is 12.7. The first-order chi connectivity index (χ1) is 10.1. The van der Waals surface area contributed by atoms with Crippen LogP contribution in [0.25, 0.3) is 0 Å². The molecule has 5 heteroatoms. The Morgan fingerprint density at radius 2 is 2.10 bits per heavy atom. The number of hydrogen-bond acceptors (Lipinski definition) is 3. The van der Waals surface area contributed by atoms with E-state index < -0.39 is 0 Å². The van der Waals surface area contributed by atoms with Gasteiger partial charge in [-0.1, -0.05) is 6.07 Å². The van der Waals surface area contributed by atoms with Gasteiger partial charge in [0, 0.05) is 23.5 Å². The maximum Gasteiger partial charge on any atom is 0.258 e. The fraction of sp³-hybridized carbons (Fsp3) is 0.188. The molecule has 0 saturated heterocycles. The predicted octanol–water partition coefficient (Wildman–Crippen LogP) is 3.33. The van der Waals surface area contributed by atoms with Crippen molar-refractivity contribution in [3.8, 4) is 5.75 Å². The molecule has 0 fully saturated rings. The maximum absolute atomic E-state index is 12.7. The molecule has 0 unspecified atom stereocenters. The fourth-order valence-electron chi connectivity index (χ4n) is 2.66. The number of phenols is 1. The van der Waals surface area contributed by atoms with Crippen LogP contribution in [0.1, 0.15) is 22.3 Å². The van der Waals surface area contributed by atoms with Gasteiger partial charge in [-0.25, -0.2) is 0 Å². The predicted molar refractivity (Wildman–Crippen MR) is 86.7 cm³/mol. The van der Waals surface area contributed by atoms with Gasteiger partial charge in [-0.15, -0.1) is 0 Å². The minimum atomic E-state index is -0.121. The summed E-state index contributed by atoms with van der Waals surface area (Å²) < 4.78 is 0.572. The van der Waals surface area contributed by atoms with Gasteiger partial charge in [-0.3, -0.25) is 4.79 Å². The molecule has 2 aromatic rings. The summed E-state index contributed by atoms with van der Waals surface area (Å²) in [4.78, 5) is 14.4. The number of phenolic OH excluding ortho intramolecular Hbond substituents is 1. The Hall–Kier alpha value is -2.01. The molecular formula is C16H15BrN2O2. The number of carbonyl (C=O) groups is 1. The van der Waals surface area contributed by atoms with Gasteiger partial charge in [0.15, 0.2) is 0 Å². The van der Waals surface area contributed by atoms with Gasteiger partial charge in [-0.2, -0.15) is 0 Å². The first kappa shape index (κ1) is 13.9. The standard InChI is InChI=1S/C16H15BrN2O2/c17-12-7-6-10(9-15(12)20)16(21)19-8-2-3-11-13(18)4-1-5-14(11)19/h1,4-7,9,20H,2-3,8,18H2. The second-order valence-corrected chi connectivity index (χ2v) is 5.93. The highest BCUT2D eigenvalue weighted by atomic mass is 79.9. The average molecular weight is 347 g/mol. The molecule has 1 amide bonds. The smallest absolute Gasteiger partial charge is 0.258 e. The van der Waals surface area contributed by atoms with Crippen LogP contribution in [-0.4, -0.2) is 17.6 Å². The third-order valence-corrected chi connectivity index (χ3v) is 4.40. The highest BCUT2D eigenvalue weighted by Gasteiger charge is 2.25. The summed E-state index contributed by atoms with van der Waals surface area (Å²) >= 11 is 3.22. The molecule has 0 atom stereocenters. The molecule has 0 bridgehead atoms. The molecule has 0 spiro atoms. The third kappa shape index (κ3) is 2.49. The lowest BCUT2D eigenvalue weighted by atomic mass is 9.99. The van der Waals surface area contributed by atoms with Gasteiger partial charge in [0.1, 0.15) is 5.75 Å². The van der Waals surface area contributed by atoms with E-state index in [2.05, 4.69) is 15.9 Å². The molecule has 1 aliphatic heterocycles. The van der Waals surface area contributed by atoms with E-state index in [0.29, 0.717) is 16.6 Å². The zero-order valence-corrected chi connectivity index (χ0v) is 12.9. The van der Waals surface area contributed by atoms with Crippen molar-refractivity contribution in [2.24, 2.45) is 0 Å². The number of anilines is 2. The number of aromatic hydroxyl groups is 1. The monoisotopic (exact) mass is 346 g/mol. The molecular weight excluding hydrogens is 332 g/mol. The van der Waals surface area contributed by atoms with Gasteiger partial charge in [-0.05, 0) is 64.7 Å². The second-order valence-electron chi connectivity index (χ2n) is 5.07.